The average Bonchev–Trinajstić information content (AvgIpc) is 2.34. The SMILES string of the molecule is N#Cc1cc(N)ccc1Oc1ncc(Br)cc1F. The molecule has 1 aromatic heterocycles. The Morgan fingerprint density at radius 2 is 2.17 bits per heavy atom. The number of nitrogen functional groups attached to an aromatic ring is 1. The number of halogens is 2. The third-order valence-corrected chi connectivity index (χ3v) is 2.54. The van der Waals surface area contributed by atoms with Crippen molar-refractivity contribution in [2.24, 2.45) is 0 Å². The van der Waals surface area contributed by atoms with Gasteiger partial charge in [-0.25, -0.2) is 9.37 Å². The largest absolute Gasteiger partial charge is 0.435 e. The van der Waals surface area contributed by atoms with Crippen LogP contribution in [0, 0.1) is 17.1 Å². The first-order valence-corrected chi connectivity index (χ1v) is 5.68. The number of pyridine rings is 1. The van der Waals surface area contributed by atoms with Crippen LogP contribution in [0.1, 0.15) is 5.56 Å². The van der Waals surface area contributed by atoms with E-state index in [4.69, 9.17) is 15.7 Å². The Morgan fingerprint density at radius 1 is 1.39 bits per heavy atom. The first kappa shape index (κ1) is 12.3. The molecule has 0 fully saturated rings. The molecule has 0 saturated carbocycles. The molecule has 6 heteroatoms. The van der Waals surface area contributed by atoms with Gasteiger partial charge in [-0.2, -0.15) is 5.26 Å². The lowest BCUT2D eigenvalue weighted by Crippen LogP contribution is -1.95. The number of ether oxygens (including phenoxy) is 1. The van der Waals surface area contributed by atoms with Crippen LogP contribution in [-0.4, -0.2) is 4.98 Å². The molecule has 2 aromatic rings. The predicted molar refractivity (Wildman–Crippen MR) is 67.5 cm³/mol. The molecule has 0 bridgehead atoms. The molecule has 0 atom stereocenters. The van der Waals surface area contributed by atoms with Gasteiger partial charge in [-0.05, 0) is 40.2 Å². The van der Waals surface area contributed by atoms with Crippen LogP contribution in [0.4, 0.5) is 10.1 Å². The van der Waals surface area contributed by atoms with Crippen molar-refractivity contribution in [1.29, 1.82) is 5.26 Å². The normalized spacial score (nSPS) is 9.83. The van der Waals surface area contributed by atoms with E-state index < -0.39 is 5.82 Å². The number of nitriles is 1. The number of hydrogen-bond acceptors (Lipinski definition) is 4. The van der Waals surface area contributed by atoms with Gasteiger partial charge in [-0.3, -0.25) is 0 Å². The van der Waals surface area contributed by atoms with E-state index in [1.165, 1.54) is 24.4 Å². The zero-order valence-corrected chi connectivity index (χ0v) is 10.6. The standard InChI is InChI=1S/C12H7BrFN3O/c13-8-4-10(14)12(17-6-8)18-11-2-1-9(16)3-7(11)5-15/h1-4,6H,16H2. The number of anilines is 1. The fraction of sp³-hybridized carbons (Fsp3) is 0. The van der Waals surface area contributed by atoms with Crippen molar-refractivity contribution >= 4 is 21.6 Å². The monoisotopic (exact) mass is 307 g/mol. The summed E-state index contributed by atoms with van der Waals surface area (Å²) in [5, 5.41) is 8.93. The van der Waals surface area contributed by atoms with E-state index in [1.807, 2.05) is 6.07 Å². The van der Waals surface area contributed by atoms with Crippen LogP contribution in [0.3, 0.4) is 0 Å². The summed E-state index contributed by atoms with van der Waals surface area (Å²) in [6.07, 6.45) is 1.40. The Bertz CT molecular complexity index is 640. The van der Waals surface area contributed by atoms with Crippen LogP contribution in [0.2, 0.25) is 0 Å². The Hall–Kier alpha value is -2.13. The summed E-state index contributed by atoms with van der Waals surface area (Å²) < 4.78 is 19.3. The molecule has 0 spiro atoms. The molecular weight excluding hydrogens is 301 g/mol. The molecule has 0 amide bonds. The highest BCUT2D eigenvalue weighted by Gasteiger charge is 2.10. The van der Waals surface area contributed by atoms with Gasteiger partial charge in [-0.1, -0.05) is 0 Å². The number of hydrogen-bond donors (Lipinski definition) is 1. The van der Waals surface area contributed by atoms with Crippen molar-refractivity contribution < 1.29 is 9.13 Å². The molecule has 0 radical (unpaired) electrons. The van der Waals surface area contributed by atoms with Crippen molar-refractivity contribution in [2.45, 2.75) is 0 Å². The lowest BCUT2D eigenvalue weighted by molar-refractivity contribution is 0.421. The first-order chi connectivity index (χ1) is 8.60. The van der Waals surface area contributed by atoms with Gasteiger partial charge < -0.3 is 10.5 Å². The summed E-state index contributed by atoms with van der Waals surface area (Å²) in [6, 6.07) is 7.66. The molecule has 0 saturated heterocycles. The number of benzene rings is 1. The zero-order valence-electron chi connectivity index (χ0n) is 9.02. The highest BCUT2D eigenvalue weighted by Crippen LogP contribution is 2.27. The fourth-order valence-electron chi connectivity index (χ4n) is 1.31. The number of aromatic nitrogens is 1. The van der Waals surface area contributed by atoms with E-state index in [0.717, 1.165) is 0 Å². The molecule has 1 aromatic carbocycles. The number of nitrogens with zero attached hydrogens (tertiary/aromatic N) is 2. The molecule has 90 valence electrons. The van der Waals surface area contributed by atoms with Crippen LogP contribution >= 0.6 is 15.9 Å². The Balaban J connectivity index is 2.37. The second-order valence-electron chi connectivity index (χ2n) is 3.41. The number of nitrogens with two attached hydrogens (primary N) is 1. The maximum Gasteiger partial charge on any atom is 0.255 e. The molecular formula is C12H7BrFN3O. The molecule has 4 nitrogen and oxygen atoms in total. The Kier molecular flexibility index (Phi) is 3.44. The molecule has 0 aliphatic heterocycles. The minimum Gasteiger partial charge on any atom is -0.435 e. The maximum absolute atomic E-state index is 13.5. The van der Waals surface area contributed by atoms with Gasteiger partial charge in [0.05, 0.1) is 5.56 Å². The van der Waals surface area contributed by atoms with Crippen LogP contribution in [0.15, 0.2) is 34.9 Å². The summed E-state index contributed by atoms with van der Waals surface area (Å²) in [5.74, 6) is -0.606. The van der Waals surface area contributed by atoms with Gasteiger partial charge in [0.1, 0.15) is 11.8 Å². The van der Waals surface area contributed by atoms with Crippen molar-refractivity contribution in [2.75, 3.05) is 5.73 Å². The second-order valence-corrected chi connectivity index (χ2v) is 4.33. The quantitative estimate of drug-likeness (QED) is 0.865. The summed E-state index contributed by atoms with van der Waals surface area (Å²) >= 11 is 3.09. The van der Waals surface area contributed by atoms with Crippen LogP contribution < -0.4 is 10.5 Å². The summed E-state index contributed by atoms with van der Waals surface area (Å²) in [5.41, 5.74) is 6.20. The second kappa shape index (κ2) is 5.02. The third-order valence-electron chi connectivity index (χ3n) is 2.10. The molecule has 0 unspecified atom stereocenters. The van der Waals surface area contributed by atoms with Crippen LogP contribution in [-0.2, 0) is 0 Å². The van der Waals surface area contributed by atoms with Crippen LogP contribution in [0.5, 0.6) is 11.6 Å². The van der Waals surface area contributed by atoms with E-state index in [0.29, 0.717) is 10.2 Å². The van der Waals surface area contributed by atoms with Crippen molar-refractivity contribution in [1.82, 2.24) is 4.98 Å². The fourth-order valence-corrected chi connectivity index (χ4v) is 1.61. The minimum atomic E-state index is -0.620. The van der Waals surface area contributed by atoms with Gasteiger partial charge in [0.15, 0.2) is 5.82 Å². The van der Waals surface area contributed by atoms with Crippen molar-refractivity contribution in [3.8, 4) is 17.7 Å². The van der Waals surface area contributed by atoms with E-state index >= 15 is 0 Å². The van der Waals surface area contributed by atoms with E-state index in [9.17, 15) is 4.39 Å². The number of rotatable bonds is 2. The van der Waals surface area contributed by atoms with Gasteiger partial charge in [-0.15, -0.1) is 0 Å². The average molecular weight is 308 g/mol. The molecule has 2 N–H and O–H groups in total. The van der Waals surface area contributed by atoms with E-state index in [2.05, 4.69) is 20.9 Å². The smallest absolute Gasteiger partial charge is 0.255 e. The van der Waals surface area contributed by atoms with Crippen molar-refractivity contribution in [3.05, 3.63) is 46.3 Å². The van der Waals surface area contributed by atoms with Gasteiger partial charge >= 0.3 is 0 Å². The Labute approximate surface area is 111 Å². The summed E-state index contributed by atoms with van der Waals surface area (Å²) in [7, 11) is 0. The van der Waals surface area contributed by atoms with Gasteiger partial charge in [0, 0.05) is 16.4 Å². The molecule has 0 aliphatic rings. The van der Waals surface area contributed by atoms with Gasteiger partial charge in [0.2, 0.25) is 0 Å². The molecule has 0 aliphatic carbocycles. The first-order valence-electron chi connectivity index (χ1n) is 4.88. The minimum absolute atomic E-state index is 0.195. The lowest BCUT2D eigenvalue weighted by atomic mass is 10.2. The van der Waals surface area contributed by atoms with E-state index in [1.54, 1.807) is 6.07 Å². The van der Waals surface area contributed by atoms with Gasteiger partial charge in [0.25, 0.3) is 5.88 Å². The van der Waals surface area contributed by atoms with Crippen LogP contribution in [0.25, 0.3) is 0 Å². The van der Waals surface area contributed by atoms with E-state index in [-0.39, 0.29) is 17.2 Å². The molecule has 2 rings (SSSR count). The Morgan fingerprint density at radius 3 is 2.83 bits per heavy atom. The highest BCUT2D eigenvalue weighted by atomic mass is 79.9. The topological polar surface area (TPSA) is 71.9 Å². The summed E-state index contributed by atoms with van der Waals surface area (Å²) in [4.78, 5) is 3.79. The lowest BCUT2D eigenvalue weighted by Gasteiger charge is -2.07. The zero-order chi connectivity index (χ0) is 13.1. The molecule has 18 heavy (non-hydrogen) atoms. The predicted octanol–water partition coefficient (Wildman–Crippen LogP) is 3.23. The summed E-state index contributed by atoms with van der Waals surface area (Å²) in [6.45, 7) is 0. The van der Waals surface area contributed by atoms with Crippen molar-refractivity contribution in [3.63, 3.8) is 0 Å². The molecule has 1 heterocycles. The highest BCUT2D eigenvalue weighted by molar-refractivity contribution is 9.10. The third kappa shape index (κ3) is 2.57. The maximum atomic E-state index is 13.5.